The minimum atomic E-state index is -0.788. The van der Waals surface area contributed by atoms with Crippen LogP contribution in [-0.2, 0) is 20.9 Å². The van der Waals surface area contributed by atoms with Crippen LogP contribution in [0.2, 0.25) is 5.02 Å². The van der Waals surface area contributed by atoms with Crippen molar-refractivity contribution >= 4 is 63.6 Å². The lowest BCUT2D eigenvalue weighted by Crippen LogP contribution is -2.52. The van der Waals surface area contributed by atoms with Crippen LogP contribution >= 0.6 is 23.2 Å². The number of likely N-dealkylation sites (tertiary alicyclic amines) is 1. The zero-order valence-corrected chi connectivity index (χ0v) is 36.7. The van der Waals surface area contributed by atoms with E-state index in [1.54, 1.807) is 23.1 Å². The highest BCUT2D eigenvalue weighted by molar-refractivity contribution is 6.41. The summed E-state index contributed by atoms with van der Waals surface area (Å²) in [6.45, 7) is 8.28. The summed E-state index contributed by atoms with van der Waals surface area (Å²) in [5.74, 6) is -2.03. The van der Waals surface area contributed by atoms with Crippen molar-refractivity contribution in [2.45, 2.75) is 69.9 Å². The number of piperidine rings is 2. The van der Waals surface area contributed by atoms with Gasteiger partial charge in [-0.15, -0.1) is 0 Å². The molecule has 3 saturated heterocycles. The highest BCUT2D eigenvalue weighted by Gasteiger charge is 2.41. The molecule has 4 aliphatic heterocycles. The third-order valence-corrected chi connectivity index (χ3v) is 14.2. The maximum absolute atomic E-state index is 16.6. The number of nitrogens with one attached hydrogen (secondary N) is 1. The number of benzene rings is 3. The first-order chi connectivity index (χ1) is 30.8. The fourth-order valence-corrected chi connectivity index (χ4v) is 10.8. The van der Waals surface area contributed by atoms with Gasteiger partial charge in [-0.2, -0.15) is 0 Å². The summed E-state index contributed by atoms with van der Waals surface area (Å²) in [6, 6.07) is 8.03. The van der Waals surface area contributed by atoms with Crippen molar-refractivity contribution in [3.05, 3.63) is 93.5 Å². The molecule has 4 aromatic rings. The van der Waals surface area contributed by atoms with Crippen molar-refractivity contribution < 1.29 is 37.1 Å². The third kappa shape index (κ3) is 8.66. The number of ether oxygens (including phenoxy) is 1. The fraction of sp³-hybridized carbons (Fsp3) is 0.447. The van der Waals surface area contributed by atoms with Crippen LogP contribution in [0.4, 0.5) is 19.0 Å². The van der Waals surface area contributed by atoms with Crippen molar-refractivity contribution in [1.82, 2.24) is 30.0 Å². The molecule has 64 heavy (non-hydrogen) atoms. The molecule has 9 rings (SSSR count). The number of hydrogen-bond acceptors (Lipinski definition) is 9. The van der Waals surface area contributed by atoms with Gasteiger partial charge in [-0.3, -0.25) is 24.5 Å². The van der Waals surface area contributed by atoms with Gasteiger partial charge in [0.1, 0.15) is 41.1 Å². The lowest BCUT2D eigenvalue weighted by atomic mass is 9.81. The monoisotopic (exact) mass is 917 g/mol. The standard InChI is InChI=1S/C47H48Cl2F3N7O5/c1-26(48)46(62)58-17-15-57(16-18-58)44-33-21-35(49)40(42(52)43(33)53-25-54-44)41-36(51)3-2-4-38(41)64-24-28-7-5-27(6-8-28)22-56-13-11-29(12-14-56)31-19-30(50)20-32-34(31)23-59(47(32)63)37-9-10-39(60)55-45(37)61/h2-4,19-21,25,27-29,37H,1,5-18,22-24H2,(H,55,60,61). The number of hydrogen-bond donors (Lipinski definition) is 1. The summed E-state index contributed by atoms with van der Waals surface area (Å²) in [5.41, 5.74) is 1.71. The summed E-state index contributed by atoms with van der Waals surface area (Å²) < 4.78 is 53.5. The van der Waals surface area contributed by atoms with Crippen LogP contribution in [-0.4, -0.2) is 107 Å². The van der Waals surface area contributed by atoms with Crippen LogP contribution < -0.4 is 15.0 Å². The first kappa shape index (κ1) is 44.0. The van der Waals surface area contributed by atoms with E-state index in [9.17, 15) is 23.6 Å². The van der Waals surface area contributed by atoms with E-state index >= 15 is 8.78 Å². The van der Waals surface area contributed by atoms with E-state index in [-0.39, 0.29) is 81.4 Å². The lowest BCUT2D eigenvalue weighted by molar-refractivity contribution is -0.137. The zero-order chi connectivity index (χ0) is 44.8. The normalized spacial score (nSPS) is 22.2. The van der Waals surface area contributed by atoms with Gasteiger partial charge in [0.05, 0.1) is 22.2 Å². The van der Waals surface area contributed by atoms with Crippen molar-refractivity contribution in [1.29, 1.82) is 0 Å². The number of anilines is 1. The number of fused-ring (bicyclic) bond motifs is 2. The maximum Gasteiger partial charge on any atom is 0.264 e. The molecule has 4 amide bonds. The molecule has 4 fully saturated rings. The smallest absolute Gasteiger partial charge is 0.264 e. The van der Waals surface area contributed by atoms with E-state index in [1.807, 2.05) is 4.90 Å². The van der Waals surface area contributed by atoms with Gasteiger partial charge in [0.25, 0.3) is 11.8 Å². The predicted molar refractivity (Wildman–Crippen MR) is 235 cm³/mol. The quantitative estimate of drug-likeness (QED) is 0.126. The Bertz CT molecular complexity index is 2540. The van der Waals surface area contributed by atoms with Crippen molar-refractivity contribution in [3.63, 3.8) is 0 Å². The molecule has 1 aromatic heterocycles. The Balaban J connectivity index is 0.797. The molecule has 1 aliphatic carbocycles. The van der Waals surface area contributed by atoms with E-state index in [0.29, 0.717) is 55.5 Å². The molecule has 336 valence electrons. The van der Waals surface area contributed by atoms with Crippen LogP contribution in [0.15, 0.2) is 54.3 Å². The van der Waals surface area contributed by atoms with Gasteiger partial charge in [-0.05, 0) is 117 Å². The average molecular weight is 919 g/mol. The summed E-state index contributed by atoms with van der Waals surface area (Å²) >= 11 is 12.6. The molecule has 5 heterocycles. The molecular formula is C47H48Cl2F3N7O5. The SMILES string of the molecule is C=C(Cl)C(=O)N1CCN(c2ncnc3c(F)c(-c4c(F)cccc4OCC4CCC(CN5CCC(c6cc(F)cc7c6CN(C6CCC(=O)NC6=O)C7=O)CC5)CC4)c(Cl)cc23)CC1. The van der Waals surface area contributed by atoms with Crippen LogP contribution in [0.1, 0.15) is 78.8 Å². The molecule has 0 bridgehead atoms. The van der Waals surface area contributed by atoms with Crippen LogP contribution in [0.3, 0.4) is 0 Å². The predicted octanol–water partition coefficient (Wildman–Crippen LogP) is 7.59. The second-order valence-corrected chi connectivity index (χ2v) is 18.5. The Labute approximate surface area is 378 Å². The first-order valence-electron chi connectivity index (χ1n) is 22.0. The Morgan fingerprint density at radius 3 is 2.34 bits per heavy atom. The largest absolute Gasteiger partial charge is 0.493 e. The average Bonchev–Trinajstić information content (AvgIpc) is 3.61. The van der Waals surface area contributed by atoms with Crippen LogP contribution in [0, 0.1) is 29.3 Å². The molecular weight excluding hydrogens is 870 g/mol. The molecule has 1 N–H and O–H groups in total. The molecule has 0 radical (unpaired) electrons. The van der Waals surface area contributed by atoms with Gasteiger partial charge in [0.2, 0.25) is 11.8 Å². The summed E-state index contributed by atoms with van der Waals surface area (Å²) in [4.78, 5) is 66.1. The van der Waals surface area contributed by atoms with Gasteiger partial charge in [0.15, 0.2) is 5.82 Å². The first-order valence-corrected chi connectivity index (χ1v) is 22.7. The maximum atomic E-state index is 16.6. The number of nitrogens with zero attached hydrogens (tertiary/aromatic N) is 6. The number of amides is 4. The second-order valence-electron chi connectivity index (χ2n) is 17.6. The zero-order valence-electron chi connectivity index (χ0n) is 35.2. The molecule has 1 saturated carbocycles. The van der Waals surface area contributed by atoms with E-state index in [4.69, 9.17) is 27.9 Å². The molecule has 1 atom stereocenters. The number of rotatable bonds is 10. The molecule has 12 nitrogen and oxygen atoms in total. The number of carbonyl (C=O) groups is 4. The Hall–Kier alpha value is -5.25. The summed E-state index contributed by atoms with van der Waals surface area (Å²) in [5, 5.41) is 2.61. The molecule has 0 spiro atoms. The van der Waals surface area contributed by atoms with Gasteiger partial charge in [-0.1, -0.05) is 35.8 Å². The lowest BCUT2D eigenvalue weighted by Gasteiger charge is -2.37. The second kappa shape index (κ2) is 18.3. The van der Waals surface area contributed by atoms with Gasteiger partial charge in [-0.25, -0.2) is 23.1 Å². The highest BCUT2D eigenvalue weighted by atomic mass is 35.5. The van der Waals surface area contributed by atoms with E-state index in [0.717, 1.165) is 69.3 Å². The minimum Gasteiger partial charge on any atom is -0.493 e. The van der Waals surface area contributed by atoms with Crippen molar-refractivity contribution in [3.8, 4) is 16.9 Å². The molecule has 1 unspecified atom stereocenters. The van der Waals surface area contributed by atoms with Crippen molar-refractivity contribution in [2.24, 2.45) is 11.8 Å². The minimum absolute atomic E-state index is 0.0128. The topological polar surface area (TPSA) is 128 Å². The fourth-order valence-electron chi connectivity index (χ4n) is 10.4. The Morgan fingerprint density at radius 2 is 1.62 bits per heavy atom. The number of imide groups is 1. The van der Waals surface area contributed by atoms with E-state index in [1.165, 1.54) is 29.4 Å². The number of piperazine rings is 1. The molecule has 5 aliphatic rings. The van der Waals surface area contributed by atoms with Crippen LogP contribution in [0.5, 0.6) is 5.75 Å². The number of halogens is 5. The van der Waals surface area contributed by atoms with Gasteiger partial charge >= 0.3 is 0 Å². The summed E-state index contributed by atoms with van der Waals surface area (Å²) in [6.07, 6.45) is 7.17. The number of aromatic nitrogens is 2. The molecule has 17 heteroatoms. The highest BCUT2D eigenvalue weighted by Crippen LogP contribution is 2.44. The Kier molecular flexibility index (Phi) is 12.6. The molecule has 3 aromatic carbocycles. The van der Waals surface area contributed by atoms with Crippen molar-refractivity contribution in [2.75, 3.05) is 57.3 Å². The van der Waals surface area contributed by atoms with Gasteiger partial charge < -0.3 is 24.3 Å². The summed E-state index contributed by atoms with van der Waals surface area (Å²) in [7, 11) is 0. The van der Waals surface area contributed by atoms with E-state index < -0.39 is 29.4 Å². The van der Waals surface area contributed by atoms with Gasteiger partial charge in [0, 0.05) is 62.2 Å². The van der Waals surface area contributed by atoms with Crippen LogP contribution in [0.25, 0.3) is 22.0 Å². The third-order valence-electron chi connectivity index (χ3n) is 13.8. The number of carbonyl (C=O) groups excluding carboxylic acids is 4. The van der Waals surface area contributed by atoms with E-state index in [2.05, 4.69) is 26.8 Å². The Morgan fingerprint density at radius 1 is 0.891 bits per heavy atom.